The first kappa shape index (κ1) is 31.8. The Labute approximate surface area is 211 Å². The topological polar surface area (TPSA) is 158 Å². The molecular weight excluding hydrogens is 477 g/mol. The molecule has 1 fully saturated rings. The van der Waals surface area contributed by atoms with Gasteiger partial charge in [0.2, 0.25) is 5.91 Å². The van der Waals surface area contributed by atoms with Crippen molar-refractivity contribution in [1.29, 1.82) is 0 Å². The van der Waals surface area contributed by atoms with Crippen molar-refractivity contribution >= 4 is 24.0 Å². The lowest BCUT2D eigenvalue weighted by atomic mass is 10.0. The normalized spacial score (nSPS) is 24.3. The van der Waals surface area contributed by atoms with Crippen LogP contribution in [-0.4, -0.2) is 81.5 Å². The summed E-state index contributed by atoms with van der Waals surface area (Å²) in [7, 11) is 0. The van der Waals surface area contributed by atoms with E-state index in [1.165, 1.54) is 6.92 Å². The third-order valence-corrected chi connectivity index (χ3v) is 6.12. The van der Waals surface area contributed by atoms with Crippen LogP contribution in [0.1, 0.15) is 72.6 Å². The van der Waals surface area contributed by atoms with Gasteiger partial charge in [-0.3, -0.25) is 9.69 Å². The van der Waals surface area contributed by atoms with E-state index in [9.17, 15) is 24.6 Å². The highest BCUT2D eigenvalue weighted by atomic mass is 19.1. The first-order valence-corrected chi connectivity index (χ1v) is 12.4. The number of aldehydes is 1. The highest BCUT2D eigenvalue weighted by molar-refractivity contribution is 6.05. The number of amides is 2. The van der Waals surface area contributed by atoms with E-state index in [1.807, 2.05) is 5.48 Å². The van der Waals surface area contributed by atoms with E-state index in [0.29, 0.717) is 25.5 Å². The van der Waals surface area contributed by atoms with Gasteiger partial charge in [0.25, 0.3) is 0 Å². The molecule has 0 saturated carbocycles. The van der Waals surface area contributed by atoms with Gasteiger partial charge in [-0.2, -0.15) is 10.5 Å². The van der Waals surface area contributed by atoms with E-state index in [2.05, 4.69) is 4.99 Å². The molecule has 1 heterocycles. The Morgan fingerprint density at radius 2 is 1.83 bits per heavy atom. The van der Waals surface area contributed by atoms with Crippen molar-refractivity contribution in [1.82, 2.24) is 10.4 Å². The number of carbonyl (C=O) groups excluding carboxylic acids is 3. The summed E-state index contributed by atoms with van der Waals surface area (Å²) in [6.45, 7) is 6.25. The van der Waals surface area contributed by atoms with Crippen molar-refractivity contribution in [2.45, 2.75) is 103 Å². The molecular formula is C24H40FN3O8. The Morgan fingerprint density at radius 3 is 2.36 bits per heavy atom. The van der Waals surface area contributed by atoms with Gasteiger partial charge in [0.1, 0.15) is 18.5 Å². The Kier molecular flexibility index (Phi) is 14.6. The number of unbranched alkanes of at least 4 members (excludes halogenated alkanes) is 4. The Morgan fingerprint density at radius 1 is 1.19 bits per heavy atom. The third kappa shape index (κ3) is 10.0. The lowest BCUT2D eigenvalue weighted by Crippen LogP contribution is -2.44. The summed E-state index contributed by atoms with van der Waals surface area (Å²) in [5.41, 5.74) is 1.73. The molecule has 6 unspecified atom stereocenters. The Bertz CT molecular complexity index is 778. The largest absolute Gasteiger partial charge is 0.448 e. The molecule has 0 aromatic carbocycles. The van der Waals surface area contributed by atoms with Crippen molar-refractivity contribution in [2.24, 2.45) is 10.9 Å². The molecule has 1 aliphatic rings. The predicted molar refractivity (Wildman–Crippen MR) is 129 cm³/mol. The van der Waals surface area contributed by atoms with Crippen LogP contribution in [0, 0.1) is 5.92 Å². The fraction of sp³-hybridized carbons (Fsp3) is 0.750. The molecule has 0 aromatic rings. The van der Waals surface area contributed by atoms with Gasteiger partial charge in [-0.1, -0.05) is 39.5 Å². The van der Waals surface area contributed by atoms with Gasteiger partial charge in [0.05, 0.1) is 24.5 Å². The minimum Gasteiger partial charge on any atom is -0.448 e. The zero-order valence-electron chi connectivity index (χ0n) is 21.4. The number of allylic oxidation sites excluding steroid dienone is 1. The van der Waals surface area contributed by atoms with E-state index in [0.717, 1.165) is 43.7 Å². The molecule has 4 N–H and O–H groups in total. The maximum Gasteiger partial charge on any atom is 0.433 e. The van der Waals surface area contributed by atoms with Crippen molar-refractivity contribution in [3.05, 3.63) is 12.0 Å². The number of carbonyl (C=O) groups is 3. The number of hydrogen-bond donors (Lipinski definition) is 4. The molecule has 206 valence electrons. The van der Waals surface area contributed by atoms with E-state index in [1.54, 1.807) is 13.8 Å². The fourth-order valence-electron chi connectivity index (χ4n) is 3.63. The smallest absolute Gasteiger partial charge is 0.433 e. The van der Waals surface area contributed by atoms with Gasteiger partial charge in [-0.25, -0.2) is 9.18 Å². The number of aliphatic hydroxyl groups excluding tert-OH is 2. The fourth-order valence-corrected chi connectivity index (χ4v) is 3.63. The van der Waals surface area contributed by atoms with Crippen LogP contribution in [0.4, 0.5) is 9.18 Å². The SMILES string of the molecule is CCC(C)C(=NC(=O)OCCCCCCCC(C=O)NO)C(F)=CN(C(C)=O)C1OC(C)C(O)C1O. The van der Waals surface area contributed by atoms with Gasteiger partial charge in [-0.05, 0) is 26.2 Å². The number of hydroxylamine groups is 1. The monoisotopic (exact) mass is 517 g/mol. The lowest BCUT2D eigenvalue weighted by Gasteiger charge is -2.26. The molecule has 0 radical (unpaired) electrons. The summed E-state index contributed by atoms with van der Waals surface area (Å²) in [4.78, 5) is 39.6. The molecule has 12 heteroatoms. The molecule has 0 bridgehead atoms. The number of halogens is 1. The van der Waals surface area contributed by atoms with E-state index in [-0.39, 0.29) is 12.3 Å². The second-order valence-corrected chi connectivity index (χ2v) is 8.97. The van der Waals surface area contributed by atoms with Crippen LogP contribution in [0.5, 0.6) is 0 Å². The number of ether oxygens (including phenoxy) is 2. The maximum atomic E-state index is 15.2. The molecule has 36 heavy (non-hydrogen) atoms. The zero-order chi connectivity index (χ0) is 27.3. The molecule has 0 aliphatic carbocycles. The third-order valence-electron chi connectivity index (χ3n) is 6.12. The summed E-state index contributed by atoms with van der Waals surface area (Å²) in [5, 5.41) is 28.8. The zero-order valence-corrected chi connectivity index (χ0v) is 21.4. The second kappa shape index (κ2) is 16.5. The molecule has 1 rings (SSSR count). The van der Waals surface area contributed by atoms with E-state index >= 15 is 4.39 Å². The van der Waals surface area contributed by atoms with Gasteiger partial charge in [-0.15, -0.1) is 0 Å². The first-order valence-electron chi connectivity index (χ1n) is 12.4. The summed E-state index contributed by atoms with van der Waals surface area (Å²) in [6.07, 6.45) is 0.653. The molecule has 1 saturated heterocycles. The van der Waals surface area contributed by atoms with Gasteiger partial charge in [0.15, 0.2) is 12.1 Å². The summed E-state index contributed by atoms with van der Waals surface area (Å²) >= 11 is 0. The maximum absolute atomic E-state index is 15.2. The molecule has 0 spiro atoms. The van der Waals surface area contributed by atoms with Crippen LogP contribution in [-0.2, 0) is 19.1 Å². The van der Waals surface area contributed by atoms with E-state index < -0.39 is 54.3 Å². The number of aliphatic hydroxyl groups is 2. The minimum absolute atomic E-state index is 0.105. The highest BCUT2D eigenvalue weighted by Crippen LogP contribution is 2.26. The van der Waals surface area contributed by atoms with Crippen molar-refractivity contribution in [2.75, 3.05) is 6.61 Å². The quantitative estimate of drug-likeness (QED) is 0.111. The molecule has 1 aliphatic heterocycles. The second-order valence-electron chi connectivity index (χ2n) is 8.97. The van der Waals surface area contributed by atoms with Crippen LogP contribution >= 0.6 is 0 Å². The minimum atomic E-state index is -1.43. The van der Waals surface area contributed by atoms with Crippen LogP contribution < -0.4 is 5.48 Å². The highest BCUT2D eigenvalue weighted by Gasteiger charge is 2.44. The standard InChI is InChI=1S/C24H40FN3O8/c1-5-15(2)20(19(25)13-28(17(4)30)23-22(32)21(31)16(3)36-23)26-24(33)35-12-10-8-6-7-9-11-18(14-29)27-34/h13-16,18,21-23,27,31-32,34H,5-12H2,1-4H3. The summed E-state index contributed by atoms with van der Waals surface area (Å²) in [5.74, 6) is -2.05. The number of hydrogen-bond acceptors (Lipinski definition) is 9. The number of nitrogens with zero attached hydrogens (tertiary/aromatic N) is 2. The number of aliphatic imine (C=N–C) groups is 1. The average molecular weight is 518 g/mol. The van der Waals surface area contributed by atoms with Crippen molar-refractivity contribution < 1.29 is 43.7 Å². The van der Waals surface area contributed by atoms with Crippen molar-refractivity contribution in [3.8, 4) is 0 Å². The Hall–Kier alpha value is -2.25. The molecule has 2 amide bonds. The molecule has 11 nitrogen and oxygen atoms in total. The first-order chi connectivity index (χ1) is 17.1. The molecule has 0 aromatic heterocycles. The van der Waals surface area contributed by atoms with E-state index in [4.69, 9.17) is 14.7 Å². The molecule has 6 atom stereocenters. The van der Waals surface area contributed by atoms with Crippen LogP contribution in [0.25, 0.3) is 0 Å². The lowest BCUT2D eigenvalue weighted by molar-refractivity contribution is -0.142. The van der Waals surface area contributed by atoms with Gasteiger partial charge in [0, 0.05) is 19.0 Å². The van der Waals surface area contributed by atoms with Gasteiger partial charge < -0.3 is 29.7 Å². The predicted octanol–water partition coefficient (Wildman–Crippen LogP) is 2.62. The van der Waals surface area contributed by atoms with Gasteiger partial charge >= 0.3 is 6.09 Å². The number of rotatable bonds is 15. The number of nitrogens with one attached hydrogen (secondary N) is 1. The van der Waals surface area contributed by atoms with Crippen LogP contribution in [0.15, 0.2) is 17.0 Å². The average Bonchev–Trinajstić information content (AvgIpc) is 3.10. The summed E-state index contributed by atoms with van der Waals surface area (Å²) < 4.78 is 25.7. The van der Waals surface area contributed by atoms with Crippen LogP contribution in [0.3, 0.4) is 0 Å². The summed E-state index contributed by atoms with van der Waals surface area (Å²) in [6, 6.07) is -0.564. The van der Waals surface area contributed by atoms with Crippen molar-refractivity contribution in [3.63, 3.8) is 0 Å². The van der Waals surface area contributed by atoms with Crippen LogP contribution in [0.2, 0.25) is 0 Å². The Balaban J connectivity index is 2.70.